The number of carbonyl (C=O) groups excluding carboxylic acids is 1. The highest BCUT2D eigenvalue weighted by Gasteiger charge is 2.15. The molecule has 1 aromatic rings. The van der Waals surface area contributed by atoms with Gasteiger partial charge in [0, 0.05) is 0 Å². The van der Waals surface area contributed by atoms with Crippen LogP contribution in [-0.4, -0.2) is 17.1 Å². The van der Waals surface area contributed by atoms with Crippen molar-refractivity contribution in [3.05, 3.63) is 29.6 Å². The number of hydrogen-bond donors (Lipinski definition) is 2. The first-order valence-electron chi connectivity index (χ1n) is 4.77. The third kappa shape index (κ3) is 2.70. The smallest absolute Gasteiger partial charge is 0.256 e. The summed E-state index contributed by atoms with van der Waals surface area (Å²) in [4.78, 5) is 11.6. The van der Waals surface area contributed by atoms with Gasteiger partial charge in [0.1, 0.15) is 17.6 Å². The largest absolute Gasteiger partial charge is 0.507 e. The molecule has 0 aliphatic rings. The van der Waals surface area contributed by atoms with Gasteiger partial charge in [0.05, 0.1) is 11.6 Å². The monoisotopic (exact) mass is 222 g/mol. The molecule has 16 heavy (non-hydrogen) atoms. The van der Waals surface area contributed by atoms with Crippen molar-refractivity contribution in [3.8, 4) is 11.8 Å². The lowest BCUT2D eigenvalue weighted by Crippen LogP contribution is -2.33. The third-order valence-corrected chi connectivity index (χ3v) is 2.07. The SMILES string of the molecule is CCC(C#N)NC(=O)c1cc(F)ccc1O. The topological polar surface area (TPSA) is 73.1 Å². The molecule has 0 bridgehead atoms. The number of amides is 1. The number of phenolic OH excluding ortho intramolecular Hbond substituents is 1. The molecule has 0 fully saturated rings. The van der Waals surface area contributed by atoms with Gasteiger partial charge in [0.2, 0.25) is 0 Å². The molecule has 0 spiro atoms. The number of hydrogen-bond acceptors (Lipinski definition) is 3. The van der Waals surface area contributed by atoms with Crippen molar-refractivity contribution in [2.24, 2.45) is 0 Å². The van der Waals surface area contributed by atoms with Gasteiger partial charge in [-0.1, -0.05) is 6.92 Å². The van der Waals surface area contributed by atoms with Crippen molar-refractivity contribution in [2.45, 2.75) is 19.4 Å². The van der Waals surface area contributed by atoms with Crippen LogP contribution in [-0.2, 0) is 0 Å². The lowest BCUT2D eigenvalue weighted by molar-refractivity contribution is 0.0941. The normalized spacial score (nSPS) is 11.6. The molecule has 0 radical (unpaired) electrons. The molecule has 1 unspecified atom stereocenters. The highest BCUT2D eigenvalue weighted by atomic mass is 19.1. The van der Waals surface area contributed by atoms with Gasteiger partial charge >= 0.3 is 0 Å². The number of nitrogens with zero attached hydrogens (tertiary/aromatic N) is 1. The van der Waals surface area contributed by atoms with E-state index >= 15 is 0 Å². The lowest BCUT2D eigenvalue weighted by Gasteiger charge is -2.10. The van der Waals surface area contributed by atoms with E-state index in [4.69, 9.17) is 5.26 Å². The number of benzene rings is 1. The molecule has 1 rings (SSSR count). The van der Waals surface area contributed by atoms with Crippen LogP contribution in [0, 0.1) is 17.1 Å². The Kier molecular flexibility index (Phi) is 3.84. The van der Waals surface area contributed by atoms with E-state index in [-0.39, 0.29) is 11.3 Å². The van der Waals surface area contributed by atoms with E-state index in [0.29, 0.717) is 6.42 Å². The summed E-state index contributed by atoms with van der Waals surface area (Å²) in [6.45, 7) is 1.74. The zero-order valence-corrected chi connectivity index (χ0v) is 8.70. The van der Waals surface area contributed by atoms with Gasteiger partial charge in [-0.2, -0.15) is 5.26 Å². The average molecular weight is 222 g/mol. The van der Waals surface area contributed by atoms with E-state index in [1.54, 1.807) is 6.92 Å². The minimum Gasteiger partial charge on any atom is -0.507 e. The Labute approximate surface area is 92.3 Å². The van der Waals surface area contributed by atoms with E-state index in [1.165, 1.54) is 0 Å². The fourth-order valence-electron chi connectivity index (χ4n) is 1.15. The second-order valence-corrected chi connectivity index (χ2v) is 3.22. The Morgan fingerprint density at radius 3 is 2.94 bits per heavy atom. The predicted octanol–water partition coefficient (Wildman–Crippen LogP) is 1.56. The molecule has 0 aliphatic heterocycles. The molecule has 4 nitrogen and oxygen atoms in total. The minimum absolute atomic E-state index is 0.172. The second-order valence-electron chi connectivity index (χ2n) is 3.22. The molecular formula is C11H11FN2O2. The highest BCUT2D eigenvalue weighted by Crippen LogP contribution is 2.17. The first-order valence-corrected chi connectivity index (χ1v) is 4.77. The van der Waals surface area contributed by atoms with Gasteiger partial charge in [-0.15, -0.1) is 0 Å². The van der Waals surface area contributed by atoms with Crippen molar-refractivity contribution in [1.82, 2.24) is 5.32 Å². The van der Waals surface area contributed by atoms with Crippen molar-refractivity contribution in [2.75, 3.05) is 0 Å². The average Bonchev–Trinajstić information content (AvgIpc) is 2.28. The van der Waals surface area contributed by atoms with Crippen molar-refractivity contribution in [3.63, 3.8) is 0 Å². The summed E-state index contributed by atoms with van der Waals surface area (Å²) in [6.07, 6.45) is 0.443. The number of carbonyl (C=O) groups is 1. The van der Waals surface area contributed by atoms with E-state index < -0.39 is 17.8 Å². The molecule has 2 N–H and O–H groups in total. The van der Waals surface area contributed by atoms with Crippen molar-refractivity contribution >= 4 is 5.91 Å². The Bertz CT molecular complexity index is 440. The molecule has 0 aromatic heterocycles. The first-order chi connectivity index (χ1) is 7.58. The standard InChI is InChI=1S/C11H11FN2O2/c1-2-8(6-13)14-11(16)9-5-7(12)3-4-10(9)15/h3-5,8,15H,2H2,1H3,(H,14,16). The Morgan fingerprint density at radius 2 is 2.38 bits per heavy atom. The summed E-state index contributed by atoms with van der Waals surface area (Å²) in [5, 5.41) is 20.4. The Hall–Kier alpha value is -2.09. The second kappa shape index (κ2) is 5.12. The molecule has 5 heteroatoms. The predicted molar refractivity (Wildman–Crippen MR) is 55.2 cm³/mol. The van der Waals surface area contributed by atoms with E-state index in [2.05, 4.69) is 5.32 Å². The van der Waals surface area contributed by atoms with Crippen LogP contribution in [0.1, 0.15) is 23.7 Å². The van der Waals surface area contributed by atoms with Crippen LogP contribution in [0.15, 0.2) is 18.2 Å². The number of nitriles is 1. The molecule has 0 heterocycles. The molecule has 0 saturated heterocycles. The van der Waals surface area contributed by atoms with Crippen LogP contribution in [0.5, 0.6) is 5.75 Å². The van der Waals surface area contributed by atoms with Gasteiger partial charge in [-0.3, -0.25) is 4.79 Å². The quantitative estimate of drug-likeness (QED) is 0.815. The summed E-state index contributed by atoms with van der Waals surface area (Å²) in [6, 6.07) is 4.31. The zero-order chi connectivity index (χ0) is 12.1. The summed E-state index contributed by atoms with van der Waals surface area (Å²) >= 11 is 0. The molecule has 1 amide bonds. The van der Waals surface area contributed by atoms with Crippen LogP contribution >= 0.6 is 0 Å². The lowest BCUT2D eigenvalue weighted by atomic mass is 10.1. The van der Waals surface area contributed by atoms with E-state index in [9.17, 15) is 14.3 Å². The van der Waals surface area contributed by atoms with Crippen LogP contribution in [0.3, 0.4) is 0 Å². The molecule has 0 saturated carbocycles. The van der Waals surface area contributed by atoms with Gasteiger partial charge < -0.3 is 10.4 Å². The number of aromatic hydroxyl groups is 1. The van der Waals surface area contributed by atoms with Gasteiger partial charge in [-0.25, -0.2) is 4.39 Å². The molecule has 0 aliphatic carbocycles. The summed E-state index contributed by atoms with van der Waals surface area (Å²) in [5.74, 6) is -1.59. The van der Waals surface area contributed by atoms with Crippen molar-refractivity contribution in [1.29, 1.82) is 5.26 Å². The minimum atomic E-state index is -0.662. The van der Waals surface area contributed by atoms with Gasteiger partial charge in [0.25, 0.3) is 5.91 Å². The zero-order valence-electron chi connectivity index (χ0n) is 8.70. The fraction of sp³-hybridized carbons (Fsp3) is 0.273. The third-order valence-electron chi connectivity index (χ3n) is 2.07. The van der Waals surface area contributed by atoms with Crippen LogP contribution < -0.4 is 5.32 Å². The first kappa shape index (κ1) is 12.0. The van der Waals surface area contributed by atoms with E-state index in [1.807, 2.05) is 6.07 Å². The maximum Gasteiger partial charge on any atom is 0.256 e. The molecule has 1 atom stereocenters. The Morgan fingerprint density at radius 1 is 1.69 bits per heavy atom. The van der Waals surface area contributed by atoms with Gasteiger partial charge in [-0.05, 0) is 24.6 Å². The van der Waals surface area contributed by atoms with Crippen LogP contribution in [0.4, 0.5) is 4.39 Å². The summed E-state index contributed by atoms with van der Waals surface area (Å²) in [5.41, 5.74) is -0.172. The van der Waals surface area contributed by atoms with E-state index in [0.717, 1.165) is 18.2 Å². The summed E-state index contributed by atoms with van der Waals surface area (Å²) in [7, 11) is 0. The summed E-state index contributed by atoms with van der Waals surface area (Å²) < 4.78 is 12.9. The van der Waals surface area contributed by atoms with Crippen molar-refractivity contribution < 1.29 is 14.3 Å². The Balaban J connectivity index is 2.89. The van der Waals surface area contributed by atoms with Crippen LogP contribution in [0.25, 0.3) is 0 Å². The van der Waals surface area contributed by atoms with Gasteiger partial charge in [0.15, 0.2) is 0 Å². The maximum absolute atomic E-state index is 12.9. The highest BCUT2D eigenvalue weighted by molar-refractivity contribution is 5.97. The maximum atomic E-state index is 12.9. The number of phenols is 1. The number of rotatable bonds is 3. The molecule has 84 valence electrons. The van der Waals surface area contributed by atoms with Crippen LogP contribution in [0.2, 0.25) is 0 Å². The fourth-order valence-corrected chi connectivity index (χ4v) is 1.15. The number of nitrogens with one attached hydrogen (secondary N) is 1. The number of halogens is 1. The molecular weight excluding hydrogens is 211 g/mol. The molecule has 1 aromatic carbocycles.